The van der Waals surface area contributed by atoms with E-state index in [1.807, 2.05) is 13.0 Å². The summed E-state index contributed by atoms with van der Waals surface area (Å²) in [4.78, 5) is 14.1. The van der Waals surface area contributed by atoms with Crippen molar-refractivity contribution in [3.8, 4) is 5.75 Å². The zero-order valence-electron chi connectivity index (χ0n) is 23.8. The average molecular weight is 600 g/mol. The molecule has 1 atom stereocenters. The number of hydrogen-bond donors (Lipinski definition) is 2. The highest BCUT2D eigenvalue weighted by molar-refractivity contribution is 7.89. The molecule has 2 aliphatic heterocycles. The monoisotopic (exact) mass is 599 g/mol. The fourth-order valence-corrected chi connectivity index (χ4v) is 6.63. The van der Waals surface area contributed by atoms with Gasteiger partial charge in [-0.3, -0.25) is 0 Å². The Labute approximate surface area is 247 Å². The summed E-state index contributed by atoms with van der Waals surface area (Å²) in [6, 6.07) is 13.3. The largest absolute Gasteiger partial charge is 0.492 e. The summed E-state index contributed by atoms with van der Waals surface area (Å²) in [5, 5.41) is 6.60. The summed E-state index contributed by atoms with van der Waals surface area (Å²) in [5.41, 5.74) is 2.25. The minimum atomic E-state index is -3.69. The summed E-state index contributed by atoms with van der Waals surface area (Å²) in [6.45, 7) is 7.02. The van der Waals surface area contributed by atoms with Crippen LogP contribution in [0.2, 0.25) is 5.02 Å². The number of rotatable bonds is 11. The van der Waals surface area contributed by atoms with E-state index in [0.29, 0.717) is 30.0 Å². The smallest absolute Gasteiger partial charge is 0.244 e. The molecule has 2 aliphatic rings. The van der Waals surface area contributed by atoms with Crippen molar-refractivity contribution in [3.63, 3.8) is 0 Å². The van der Waals surface area contributed by atoms with Crippen LogP contribution < -0.4 is 20.3 Å². The number of hydrogen-bond acceptors (Lipinski definition) is 9. The third kappa shape index (κ3) is 6.69. The molecule has 220 valence electrons. The normalized spacial score (nSPS) is 17.8. The highest BCUT2D eigenvalue weighted by atomic mass is 35.5. The van der Waals surface area contributed by atoms with Gasteiger partial charge in [0.1, 0.15) is 15.7 Å². The average Bonchev–Trinajstić information content (AvgIpc) is 3.64. The van der Waals surface area contributed by atoms with E-state index in [1.165, 1.54) is 65.1 Å². The fraction of sp³-hybridized carbons (Fsp3) is 0.448. The molecule has 0 amide bonds. The van der Waals surface area contributed by atoms with Crippen molar-refractivity contribution >= 4 is 50.5 Å². The van der Waals surface area contributed by atoms with Crippen LogP contribution in [-0.2, 0) is 10.0 Å². The van der Waals surface area contributed by atoms with Gasteiger partial charge in [-0.15, -0.1) is 0 Å². The number of halogens is 1. The molecule has 2 fully saturated rings. The third-order valence-electron chi connectivity index (χ3n) is 7.53. The molecule has 2 aromatic carbocycles. The molecule has 5 rings (SSSR count). The number of nitrogens with zero attached hydrogens (tertiary/aromatic N) is 5. The van der Waals surface area contributed by atoms with Crippen molar-refractivity contribution in [2.75, 3.05) is 62.4 Å². The second-order valence-corrected chi connectivity index (χ2v) is 13.1. The lowest BCUT2D eigenvalue weighted by atomic mass is 10.2. The van der Waals surface area contributed by atoms with Gasteiger partial charge in [0.15, 0.2) is 5.82 Å². The summed E-state index contributed by atoms with van der Waals surface area (Å²) >= 11 is 6.42. The first kappa shape index (κ1) is 29.4. The maximum atomic E-state index is 12.9. The minimum Gasteiger partial charge on any atom is -0.492 e. The lowest BCUT2D eigenvalue weighted by Crippen LogP contribution is -2.39. The second-order valence-electron chi connectivity index (χ2n) is 10.5. The fourth-order valence-electron chi connectivity index (χ4n) is 5.45. The minimum absolute atomic E-state index is 0.119. The van der Waals surface area contributed by atoms with Crippen LogP contribution in [-0.4, -0.2) is 80.5 Å². The summed E-state index contributed by atoms with van der Waals surface area (Å²) in [5.74, 6) is 1.29. The molecule has 41 heavy (non-hydrogen) atoms. The van der Waals surface area contributed by atoms with Crippen molar-refractivity contribution in [1.82, 2.24) is 19.2 Å². The molecule has 12 heteroatoms. The Balaban J connectivity index is 1.37. The van der Waals surface area contributed by atoms with Gasteiger partial charge in [-0.1, -0.05) is 23.7 Å². The molecule has 0 bridgehead atoms. The molecule has 0 spiro atoms. The summed E-state index contributed by atoms with van der Waals surface area (Å²) < 4.78 is 32.9. The van der Waals surface area contributed by atoms with Gasteiger partial charge in [-0.05, 0) is 70.0 Å². The van der Waals surface area contributed by atoms with Crippen LogP contribution in [0.15, 0.2) is 53.6 Å². The molecular weight excluding hydrogens is 562 g/mol. The van der Waals surface area contributed by atoms with Gasteiger partial charge in [0.05, 0.1) is 24.2 Å². The van der Waals surface area contributed by atoms with E-state index < -0.39 is 10.0 Å². The van der Waals surface area contributed by atoms with E-state index in [1.54, 1.807) is 18.2 Å². The predicted molar refractivity (Wildman–Crippen MR) is 165 cm³/mol. The summed E-state index contributed by atoms with van der Waals surface area (Å²) in [7, 11) is -0.707. The first-order chi connectivity index (χ1) is 19.8. The van der Waals surface area contributed by atoms with Crippen molar-refractivity contribution in [1.29, 1.82) is 0 Å². The molecule has 0 saturated carbocycles. The Morgan fingerprint density at radius 1 is 1.05 bits per heavy atom. The van der Waals surface area contributed by atoms with Crippen LogP contribution >= 0.6 is 11.6 Å². The number of para-hydroxylation sites is 1. The molecular formula is C29H38ClN7O3S. The third-order valence-corrected chi connectivity index (χ3v) is 9.68. The van der Waals surface area contributed by atoms with E-state index in [2.05, 4.69) is 42.5 Å². The van der Waals surface area contributed by atoms with Gasteiger partial charge in [0.25, 0.3) is 0 Å². The van der Waals surface area contributed by atoms with E-state index >= 15 is 0 Å². The van der Waals surface area contributed by atoms with Crippen LogP contribution in [0.3, 0.4) is 0 Å². The zero-order chi connectivity index (χ0) is 29.0. The highest BCUT2D eigenvalue weighted by Gasteiger charge is 2.28. The van der Waals surface area contributed by atoms with Gasteiger partial charge in [-0.25, -0.2) is 17.7 Å². The van der Waals surface area contributed by atoms with Crippen molar-refractivity contribution in [3.05, 3.63) is 53.7 Å². The van der Waals surface area contributed by atoms with Crippen LogP contribution in [0, 0.1) is 0 Å². The second kappa shape index (κ2) is 12.8. The molecule has 3 aromatic rings. The van der Waals surface area contributed by atoms with E-state index in [4.69, 9.17) is 16.3 Å². The standard InChI is InChI=1S/C29H38ClN7O3S/c1-4-40-26-18-21(37-17-9-10-22(37)20-36-15-7-8-16-36)13-14-24(26)33-29-31-19-23(30)28(34-29)32-25-11-5-6-12-27(25)41(38,39)35(2)3/h5-6,11-14,18-19,22H,4,7-10,15-17,20H2,1-3H3,(H2,31,32,33,34)/t22-/m0/s1. The molecule has 2 saturated heterocycles. The van der Waals surface area contributed by atoms with Crippen LogP contribution in [0.4, 0.5) is 28.8 Å². The summed E-state index contributed by atoms with van der Waals surface area (Å²) in [6.07, 6.45) is 6.47. The lowest BCUT2D eigenvalue weighted by Gasteiger charge is -2.30. The molecule has 2 N–H and O–H groups in total. The number of benzene rings is 2. The van der Waals surface area contributed by atoms with Gasteiger partial charge < -0.3 is 25.2 Å². The lowest BCUT2D eigenvalue weighted by molar-refractivity contribution is 0.313. The number of aromatic nitrogens is 2. The van der Waals surface area contributed by atoms with Gasteiger partial charge in [-0.2, -0.15) is 4.98 Å². The highest BCUT2D eigenvalue weighted by Crippen LogP contribution is 2.36. The van der Waals surface area contributed by atoms with Gasteiger partial charge >= 0.3 is 0 Å². The molecule has 1 aromatic heterocycles. The van der Waals surface area contributed by atoms with Crippen molar-refractivity contribution in [2.24, 2.45) is 0 Å². The Hall–Kier alpha value is -3.12. The van der Waals surface area contributed by atoms with Crippen LogP contribution in [0.25, 0.3) is 0 Å². The van der Waals surface area contributed by atoms with E-state index in [9.17, 15) is 8.42 Å². The zero-order valence-corrected chi connectivity index (χ0v) is 25.4. The quantitative estimate of drug-likeness (QED) is 0.303. The maximum absolute atomic E-state index is 12.9. The molecule has 0 unspecified atom stereocenters. The SMILES string of the molecule is CCOc1cc(N2CCC[C@H]2CN2CCCC2)ccc1Nc1ncc(Cl)c(Nc2ccccc2S(=O)(=O)N(C)C)n1. The maximum Gasteiger partial charge on any atom is 0.244 e. The Morgan fingerprint density at radius 2 is 1.83 bits per heavy atom. The van der Waals surface area contributed by atoms with Gasteiger partial charge in [0, 0.05) is 45.0 Å². The van der Waals surface area contributed by atoms with Crippen molar-refractivity contribution < 1.29 is 13.2 Å². The Kier molecular flexibility index (Phi) is 9.18. The Bertz CT molecular complexity index is 1460. The molecule has 10 nitrogen and oxygen atoms in total. The predicted octanol–water partition coefficient (Wildman–Crippen LogP) is 5.33. The number of ether oxygens (including phenoxy) is 1. The topological polar surface area (TPSA) is 103 Å². The van der Waals surface area contributed by atoms with Crippen LogP contribution in [0.1, 0.15) is 32.6 Å². The van der Waals surface area contributed by atoms with Crippen molar-refractivity contribution in [2.45, 2.75) is 43.5 Å². The molecule has 0 aliphatic carbocycles. The molecule has 3 heterocycles. The van der Waals surface area contributed by atoms with Crippen LogP contribution in [0.5, 0.6) is 5.75 Å². The van der Waals surface area contributed by atoms with E-state index in [0.717, 1.165) is 28.8 Å². The first-order valence-electron chi connectivity index (χ1n) is 14.1. The number of anilines is 5. The number of likely N-dealkylation sites (tertiary alicyclic amines) is 1. The first-order valence-corrected chi connectivity index (χ1v) is 15.9. The number of nitrogens with one attached hydrogen (secondary N) is 2. The molecule has 0 radical (unpaired) electrons. The number of sulfonamides is 1. The Morgan fingerprint density at radius 3 is 2.59 bits per heavy atom. The van der Waals surface area contributed by atoms with E-state index in [-0.39, 0.29) is 15.7 Å². The van der Waals surface area contributed by atoms with Gasteiger partial charge in [0.2, 0.25) is 16.0 Å².